The topological polar surface area (TPSA) is 44.7 Å². The number of nitrogens with one attached hydrogen (secondary N) is 1. The van der Waals surface area contributed by atoms with Gasteiger partial charge in [0.15, 0.2) is 0 Å². The maximum absolute atomic E-state index is 12.3. The second-order valence-corrected chi connectivity index (χ2v) is 6.28. The van der Waals surface area contributed by atoms with Gasteiger partial charge in [0.25, 0.3) is 5.91 Å². The van der Waals surface area contributed by atoms with Crippen LogP contribution in [-0.4, -0.2) is 12.1 Å². The van der Waals surface area contributed by atoms with Gasteiger partial charge in [-0.25, -0.2) is 5.43 Å². The highest BCUT2D eigenvalue weighted by Crippen LogP contribution is 2.28. The number of para-hydroxylation sites is 1. The fourth-order valence-electron chi connectivity index (χ4n) is 3.13. The second kappa shape index (κ2) is 7.23. The van der Waals surface area contributed by atoms with Crippen LogP contribution in [0.1, 0.15) is 27.0 Å². The van der Waals surface area contributed by atoms with Crippen molar-refractivity contribution in [2.75, 3.05) is 4.90 Å². The third-order valence-corrected chi connectivity index (χ3v) is 4.49. The summed E-state index contributed by atoms with van der Waals surface area (Å²) >= 11 is 0. The van der Waals surface area contributed by atoms with Gasteiger partial charge in [0.05, 0.1) is 6.21 Å². The van der Waals surface area contributed by atoms with Crippen molar-refractivity contribution in [3.05, 3.63) is 101 Å². The number of hydrogen-bond acceptors (Lipinski definition) is 3. The van der Waals surface area contributed by atoms with E-state index in [1.54, 1.807) is 6.21 Å². The minimum Gasteiger partial charge on any atom is -0.363 e. The van der Waals surface area contributed by atoms with Crippen LogP contribution >= 0.6 is 0 Å². The van der Waals surface area contributed by atoms with Crippen LogP contribution in [0.3, 0.4) is 0 Å². The van der Waals surface area contributed by atoms with Crippen LogP contribution in [0, 0.1) is 0 Å². The minimum atomic E-state index is -0.196. The summed E-state index contributed by atoms with van der Waals surface area (Å²) < 4.78 is 0. The van der Waals surface area contributed by atoms with E-state index in [9.17, 15) is 4.79 Å². The Kier molecular flexibility index (Phi) is 4.48. The van der Waals surface area contributed by atoms with Crippen LogP contribution in [0.5, 0.6) is 0 Å². The fraction of sp³-hybridized carbons (Fsp3) is 0.0909. The number of rotatable bonds is 4. The first-order valence-corrected chi connectivity index (χ1v) is 8.60. The summed E-state index contributed by atoms with van der Waals surface area (Å²) in [7, 11) is 0. The molecule has 3 aromatic carbocycles. The Morgan fingerprint density at radius 3 is 2.35 bits per heavy atom. The van der Waals surface area contributed by atoms with Gasteiger partial charge in [-0.1, -0.05) is 54.6 Å². The average molecular weight is 341 g/mol. The van der Waals surface area contributed by atoms with Crippen LogP contribution in [-0.2, 0) is 13.1 Å². The van der Waals surface area contributed by atoms with Gasteiger partial charge in [0.1, 0.15) is 0 Å². The largest absolute Gasteiger partial charge is 0.363 e. The molecule has 128 valence electrons. The van der Waals surface area contributed by atoms with Crippen molar-refractivity contribution < 1.29 is 4.79 Å². The molecule has 1 aliphatic heterocycles. The van der Waals surface area contributed by atoms with E-state index in [1.807, 2.05) is 66.7 Å². The molecule has 0 bridgehead atoms. The SMILES string of the molecule is O=C(N/N=C/c1ccccc1)c1ccc2c(c1)CN(c1ccccc1)C2. The smallest absolute Gasteiger partial charge is 0.271 e. The molecule has 0 saturated heterocycles. The number of carbonyl (C=O) groups is 1. The zero-order valence-electron chi connectivity index (χ0n) is 14.3. The van der Waals surface area contributed by atoms with E-state index in [2.05, 4.69) is 27.6 Å². The zero-order chi connectivity index (χ0) is 17.8. The lowest BCUT2D eigenvalue weighted by Gasteiger charge is -2.17. The molecular formula is C22H19N3O. The number of carbonyl (C=O) groups excluding carboxylic acids is 1. The molecule has 1 heterocycles. The molecule has 3 aromatic rings. The van der Waals surface area contributed by atoms with E-state index in [0.717, 1.165) is 18.7 Å². The standard InChI is InChI=1S/C22H19N3O/c26-22(24-23-14-17-7-3-1-4-8-17)18-11-12-19-15-25(16-20(19)13-18)21-9-5-2-6-10-21/h1-14H,15-16H2,(H,24,26)/b23-14+. The summed E-state index contributed by atoms with van der Waals surface area (Å²) in [5.74, 6) is -0.196. The molecule has 0 radical (unpaired) electrons. The first-order chi connectivity index (χ1) is 12.8. The van der Waals surface area contributed by atoms with Crippen molar-refractivity contribution in [3.63, 3.8) is 0 Å². The van der Waals surface area contributed by atoms with Gasteiger partial charge in [-0.15, -0.1) is 0 Å². The van der Waals surface area contributed by atoms with Crippen LogP contribution in [0.25, 0.3) is 0 Å². The van der Waals surface area contributed by atoms with Crippen LogP contribution < -0.4 is 10.3 Å². The first-order valence-electron chi connectivity index (χ1n) is 8.60. The Labute approximate surface area is 152 Å². The van der Waals surface area contributed by atoms with Crippen molar-refractivity contribution in [2.24, 2.45) is 5.10 Å². The Morgan fingerprint density at radius 1 is 0.885 bits per heavy atom. The molecule has 26 heavy (non-hydrogen) atoms. The maximum Gasteiger partial charge on any atom is 0.271 e. The molecule has 4 nitrogen and oxygen atoms in total. The van der Waals surface area contributed by atoms with Gasteiger partial charge in [-0.3, -0.25) is 4.79 Å². The molecular weight excluding hydrogens is 322 g/mol. The predicted octanol–water partition coefficient (Wildman–Crippen LogP) is 3.97. The summed E-state index contributed by atoms with van der Waals surface area (Å²) in [5, 5.41) is 4.04. The highest BCUT2D eigenvalue weighted by Gasteiger charge is 2.20. The third-order valence-electron chi connectivity index (χ3n) is 4.49. The van der Waals surface area contributed by atoms with Crippen molar-refractivity contribution in [3.8, 4) is 0 Å². The van der Waals surface area contributed by atoms with E-state index in [0.29, 0.717) is 5.56 Å². The summed E-state index contributed by atoms with van der Waals surface area (Å²) in [5.41, 5.74) is 7.82. The number of amides is 1. The van der Waals surface area contributed by atoms with Gasteiger partial charge >= 0.3 is 0 Å². The lowest BCUT2D eigenvalue weighted by molar-refractivity contribution is 0.0955. The summed E-state index contributed by atoms with van der Waals surface area (Å²) in [6.07, 6.45) is 1.64. The number of benzene rings is 3. The van der Waals surface area contributed by atoms with Gasteiger partial charge in [0, 0.05) is 24.3 Å². The van der Waals surface area contributed by atoms with E-state index in [4.69, 9.17) is 0 Å². The highest BCUT2D eigenvalue weighted by atomic mass is 16.2. The molecule has 1 amide bonds. The van der Waals surface area contributed by atoms with Crippen LogP contribution in [0.2, 0.25) is 0 Å². The van der Waals surface area contributed by atoms with E-state index in [-0.39, 0.29) is 5.91 Å². The molecule has 1 N–H and O–H groups in total. The van der Waals surface area contributed by atoms with E-state index >= 15 is 0 Å². The summed E-state index contributed by atoms with van der Waals surface area (Å²) in [4.78, 5) is 14.7. The molecule has 4 rings (SSSR count). The number of fused-ring (bicyclic) bond motifs is 1. The zero-order valence-corrected chi connectivity index (χ0v) is 14.3. The predicted molar refractivity (Wildman–Crippen MR) is 104 cm³/mol. The van der Waals surface area contributed by atoms with Crippen molar-refractivity contribution in [2.45, 2.75) is 13.1 Å². The summed E-state index contributed by atoms with van der Waals surface area (Å²) in [6, 6.07) is 25.9. The van der Waals surface area contributed by atoms with Crippen molar-refractivity contribution in [1.82, 2.24) is 5.43 Å². The lowest BCUT2D eigenvalue weighted by atomic mass is 10.1. The Hall–Kier alpha value is -3.40. The van der Waals surface area contributed by atoms with Gasteiger partial charge in [-0.2, -0.15) is 5.10 Å². The second-order valence-electron chi connectivity index (χ2n) is 6.28. The van der Waals surface area contributed by atoms with Crippen molar-refractivity contribution >= 4 is 17.8 Å². The van der Waals surface area contributed by atoms with E-state index in [1.165, 1.54) is 16.8 Å². The monoisotopic (exact) mass is 341 g/mol. The molecule has 0 atom stereocenters. The molecule has 0 saturated carbocycles. The fourth-order valence-corrected chi connectivity index (χ4v) is 3.13. The maximum atomic E-state index is 12.3. The van der Waals surface area contributed by atoms with Crippen LogP contribution in [0.15, 0.2) is 84.0 Å². The minimum absolute atomic E-state index is 0.196. The number of anilines is 1. The average Bonchev–Trinajstić information content (AvgIpc) is 3.13. The Morgan fingerprint density at radius 2 is 1.58 bits per heavy atom. The molecule has 1 aliphatic rings. The van der Waals surface area contributed by atoms with Crippen molar-refractivity contribution in [1.29, 1.82) is 0 Å². The van der Waals surface area contributed by atoms with Gasteiger partial charge < -0.3 is 4.90 Å². The lowest BCUT2D eigenvalue weighted by Crippen LogP contribution is -2.17. The third kappa shape index (κ3) is 3.49. The molecule has 0 aromatic heterocycles. The summed E-state index contributed by atoms with van der Waals surface area (Å²) in [6.45, 7) is 1.68. The number of hydrogen-bond donors (Lipinski definition) is 1. The molecule has 0 unspecified atom stereocenters. The number of hydrazone groups is 1. The number of nitrogens with zero attached hydrogens (tertiary/aromatic N) is 2. The molecule has 0 fully saturated rings. The Bertz CT molecular complexity index is 936. The molecule has 4 heteroatoms. The molecule has 0 aliphatic carbocycles. The van der Waals surface area contributed by atoms with E-state index < -0.39 is 0 Å². The first kappa shape index (κ1) is 16.1. The highest BCUT2D eigenvalue weighted by molar-refractivity contribution is 5.95. The normalized spacial score (nSPS) is 13.0. The molecule has 0 spiro atoms. The Balaban J connectivity index is 1.44. The van der Waals surface area contributed by atoms with Gasteiger partial charge in [0.2, 0.25) is 0 Å². The quantitative estimate of drug-likeness (QED) is 0.576. The van der Waals surface area contributed by atoms with Crippen LogP contribution in [0.4, 0.5) is 5.69 Å². The van der Waals surface area contributed by atoms with Gasteiger partial charge in [-0.05, 0) is 41.0 Å².